The molecule has 248 valence electrons. The Bertz CT molecular complexity index is 1820. The fourth-order valence-corrected chi connectivity index (χ4v) is 7.15. The summed E-state index contributed by atoms with van der Waals surface area (Å²) < 4.78 is 26.7. The van der Waals surface area contributed by atoms with Crippen molar-refractivity contribution in [2.75, 3.05) is 62.7 Å². The maximum absolute atomic E-state index is 14.7. The second-order valence-corrected chi connectivity index (χ2v) is 12.8. The average molecular weight is 650 g/mol. The van der Waals surface area contributed by atoms with Crippen LogP contribution < -0.4 is 14.5 Å². The normalized spacial score (nSPS) is 19.6. The molecule has 10 nitrogen and oxygen atoms in total. The molecule has 0 aliphatic carbocycles. The minimum atomic E-state index is -0.413. The van der Waals surface area contributed by atoms with Gasteiger partial charge >= 0.3 is 12.1 Å². The Hall–Kier alpha value is -4.95. The predicted octanol–water partition coefficient (Wildman–Crippen LogP) is 5.55. The zero-order valence-electron chi connectivity index (χ0n) is 27.2. The molecule has 0 N–H and O–H groups in total. The van der Waals surface area contributed by atoms with E-state index in [9.17, 15) is 9.18 Å². The summed E-state index contributed by atoms with van der Waals surface area (Å²) in [6.07, 6.45) is 2.49. The van der Waals surface area contributed by atoms with Gasteiger partial charge in [0, 0.05) is 54.2 Å². The Morgan fingerprint density at radius 1 is 0.958 bits per heavy atom. The van der Waals surface area contributed by atoms with Crippen LogP contribution in [-0.2, 0) is 24.3 Å². The molecule has 1 aromatic heterocycles. The van der Waals surface area contributed by atoms with Crippen molar-refractivity contribution in [2.24, 2.45) is 0 Å². The van der Waals surface area contributed by atoms with Gasteiger partial charge in [0.25, 0.3) is 0 Å². The number of rotatable bonds is 8. The standard InChI is InChI=1S/C37H40FN7O3/c1-39-21-28-22-44(19-20-45(28)37(46)48-24-26-9-4-3-5-10-26)35-31-16-18-43(34-15-14-32(38)29-12-6-7-13-30(29)34)23-33(31)40-36(41-35)47-25-27-11-8-17-42(27)2/h3-7,9-10,12-15,27-28H,8,11,16-25H2,2H3/t27-,28-/m0/s1. The summed E-state index contributed by atoms with van der Waals surface area (Å²) in [5.41, 5.74) is 3.80. The van der Waals surface area contributed by atoms with Gasteiger partial charge in [0.2, 0.25) is 6.54 Å². The van der Waals surface area contributed by atoms with Gasteiger partial charge in [-0.2, -0.15) is 9.97 Å². The molecule has 0 spiro atoms. The zero-order valence-corrected chi connectivity index (χ0v) is 27.2. The van der Waals surface area contributed by atoms with Crippen LogP contribution in [0, 0.1) is 12.4 Å². The quantitative estimate of drug-likeness (QED) is 0.230. The van der Waals surface area contributed by atoms with E-state index in [1.165, 1.54) is 6.07 Å². The monoisotopic (exact) mass is 649 g/mol. The van der Waals surface area contributed by atoms with Crippen molar-refractivity contribution in [3.8, 4) is 6.01 Å². The molecule has 0 saturated carbocycles. The molecule has 11 heteroatoms. The second kappa shape index (κ2) is 14.0. The molecule has 4 heterocycles. The minimum Gasteiger partial charge on any atom is -0.462 e. The lowest BCUT2D eigenvalue weighted by molar-refractivity contribution is 0.0788. The molecule has 2 fully saturated rings. The number of amides is 1. The third-order valence-electron chi connectivity index (χ3n) is 9.81. The van der Waals surface area contributed by atoms with Crippen LogP contribution in [0.25, 0.3) is 15.6 Å². The summed E-state index contributed by atoms with van der Waals surface area (Å²) in [6.45, 7) is 12.2. The first-order chi connectivity index (χ1) is 23.5. The number of benzene rings is 3. The van der Waals surface area contributed by atoms with E-state index in [2.05, 4.69) is 26.6 Å². The fourth-order valence-electron chi connectivity index (χ4n) is 7.15. The zero-order chi connectivity index (χ0) is 33.0. The molecule has 7 rings (SSSR count). The number of hydrogen-bond donors (Lipinski definition) is 0. The molecule has 0 unspecified atom stereocenters. The number of likely N-dealkylation sites (tertiary alicyclic amines) is 1. The number of ether oxygens (including phenoxy) is 2. The third kappa shape index (κ3) is 6.58. The highest BCUT2D eigenvalue weighted by atomic mass is 19.1. The number of anilines is 2. The highest BCUT2D eigenvalue weighted by Crippen LogP contribution is 2.35. The third-order valence-corrected chi connectivity index (χ3v) is 9.81. The van der Waals surface area contributed by atoms with Crippen molar-refractivity contribution in [2.45, 2.75) is 44.5 Å². The van der Waals surface area contributed by atoms with Crippen LogP contribution in [0.2, 0.25) is 0 Å². The molecule has 0 bridgehead atoms. The SMILES string of the molecule is [C-]#[N+]C[C@H]1CN(c2nc(OC[C@@H]3CCCN3C)nc3c2CCN(c2ccc(F)c4ccccc24)C3)CCN1C(=O)OCc1ccccc1. The van der Waals surface area contributed by atoms with Gasteiger partial charge < -0.3 is 29.0 Å². The van der Waals surface area contributed by atoms with Crippen LogP contribution >= 0.6 is 0 Å². The van der Waals surface area contributed by atoms with Crippen molar-refractivity contribution in [3.05, 3.63) is 101 Å². The number of carbonyl (C=O) groups is 1. The first-order valence-corrected chi connectivity index (χ1v) is 16.7. The lowest BCUT2D eigenvalue weighted by atomic mass is 10.0. The van der Waals surface area contributed by atoms with E-state index in [1.807, 2.05) is 60.7 Å². The maximum atomic E-state index is 14.7. The number of piperazine rings is 1. The first kappa shape index (κ1) is 31.6. The van der Waals surface area contributed by atoms with Crippen LogP contribution in [0.5, 0.6) is 6.01 Å². The van der Waals surface area contributed by atoms with E-state index in [-0.39, 0.29) is 25.0 Å². The summed E-state index contributed by atoms with van der Waals surface area (Å²) in [6, 6.07) is 20.8. The van der Waals surface area contributed by atoms with Crippen LogP contribution in [0.3, 0.4) is 0 Å². The van der Waals surface area contributed by atoms with Crippen molar-refractivity contribution >= 4 is 28.4 Å². The van der Waals surface area contributed by atoms with Crippen molar-refractivity contribution in [1.82, 2.24) is 19.8 Å². The summed E-state index contributed by atoms with van der Waals surface area (Å²) >= 11 is 0. The van der Waals surface area contributed by atoms with E-state index >= 15 is 0 Å². The van der Waals surface area contributed by atoms with Crippen LogP contribution in [0.1, 0.15) is 29.7 Å². The summed E-state index contributed by atoms with van der Waals surface area (Å²) in [4.78, 5) is 35.2. The summed E-state index contributed by atoms with van der Waals surface area (Å²) in [5.74, 6) is 0.562. The molecule has 1 amide bonds. The molecule has 0 radical (unpaired) electrons. The van der Waals surface area contributed by atoms with Gasteiger partial charge in [0.1, 0.15) is 30.9 Å². The van der Waals surface area contributed by atoms with Crippen molar-refractivity contribution in [1.29, 1.82) is 0 Å². The average Bonchev–Trinajstić information content (AvgIpc) is 3.54. The van der Waals surface area contributed by atoms with E-state index in [0.29, 0.717) is 63.2 Å². The van der Waals surface area contributed by atoms with Gasteiger partial charge in [-0.1, -0.05) is 54.6 Å². The van der Waals surface area contributed by atoms with Gasteiger partial charge in [-0.3, -0.25) is 4.90 Å². The Morgan fingerprint density at radius 2 is 1.77 bits per heavy atom. The van der Waals surface area contributed by atoms with E-state index in [4.69, 9.17) is 26.0 Å². The topological polar surface area (TPSA) is 78.6 Å². The second-order valence-electron chi connectivity index (χ2n) is 12.8. The van der Waals surface area contributed by atoms with Crippen LogP contribution in [-0.4, -0.2) is 90.9 Å². The Balaban J connectivity index is 1.15. The summed E-state index contributed by atoms with van der Waals surface area (Å²) in [5, 5.41) is 1.47. The Kier molecular flexibility index (Phi) is 9.25. The van der Waals surface area contributed by atoms with E-state index < -0.39 is 6.09 Å². The maximum Gasteiger partial charge on any atom is 0.410 e. The summed E-state index contributed by atoms with van der Waals surface area (Å²) in [7, 11) is 2.12. The first-order valence-electron chi connectivity index (χ1n) is 16.7. The highest BCUT2D eigenvalue weighted by Gasteiger charge is 2.36. The van der Waals surface area contributed by atoms with Crippen LogP contribution in [0.15, 0.2) is 66.7 Å². The van der Waals surface area contributed by atoms with E-state index in [1.54, 1.807) is 4.90 Å². The minimum absolute atomic E-state index is 0.160. The lowest BCUT2D eigenvalue weighted by Crippen LogP contribution is -2.57. The van der Waals surface area contributed by atoms with Gasteiger partial charge in [0.15, 0.2) is 0 Å². The largest absolute Gasteiger partial charge is 0.462 e. The molecular weight excluding hydrogens is 609 g/mol. The molecule has 3 aliphatic rings. The van der Waals surface area contributed by atoms with Crippen molar-refractivity contribution in [3.63, 3.8) is 0 Å². The van der Waals surface area contributed by atoms with Crippen LogP contribution in [0.4, 0.5) is 20.7 Å². The Labute approximate surface area is 280 Å². The van der Waals surface area contributed by atoms with Gasteiger partial charge in [-0.15, -0.1) is 0 Å². The van der Waals surface area contributed by atoms with Gasteiger partial charge in [0.05, 0.1) is 12.2 Å². The predicted molar refractivity (Wildman–Crippen MR) is 183 cm³/mol. The molecule has 3 aromatic carbocycles. The fraction of sp³-hybridized carbons (Fsp3) is 0.405. The molecule has 2 saturated heterocycles. The number of carbonyl (C=O) groups excluding carboxylic acids is 1. The van der Waals surface area contributed by atoms with Crippen molar-refractivity contribution < 1.29 is 18.7 Å². The molecule has 4 aromatic rings. The number of hydrogen-bond acceptors (Lipinski definition) is 8. The molecule has 48 heavy (non-hydrogen) atoms. The molecular formula is C37H40FN7O3. The smallest absolute Gasteiger partial charge is 0.410 e. The lowest BCUT2D eigenvalue weighted by Gasteiger charge is -2.40. The number of fused-ring (bicyclic) bond motifs is 2. The number of nitrogens with zero attached hydrogens (tertiary/aromatic N) is 7. The number of likely N-dealkylation sites (N-methyl/N-ethyl adjacent to an activating group) is 1. The molecule has 2 atom stereocenters. The number of halogens is 1. The van der Waals surface area contributed by atoms with Gasteiger partial charge in [-0.25, -0.2) is 15.8 Å². The highest BCUT2D eigenvalue weighted by molar-refractivity contribution is 5.94. The molecule has 3 aliphatic heterocycles. The van der Waals surface area contributed by atoms with Gasteiger partial charge in [-0.05, 0) is 50.6 Å². The number of aromatic nitrogens is 2. The van der Waals surface area contributed by atoms with E-state index in [0.717, 1.165) is 53.1 Å². The Morgan fingerprint density at radius 3 is 2.56 bits per heavy atom.